The summed E-state index contributed by atoms with van der Waals surface area (Å²) in [6.45, 7) is 0.804. The summed E-state index contributed by atoms with van der Waals surface area (Å²) in [5.74, 6) is 0. The topological polar surface area (TPSA) is 59.9 Å². The second kappa shape index (κ2) is 8.49. The molecule has 0 unspecified atom stereocenters. The third-order valence-corrected chi connectivity index (χ3v) is 3.62. The van der Waals surface area contributed by atoms with Crippen LogP contribution in [0.15, 0.2) is 73.2 Å². The van der Waals surface area contributed by atoms with Crippen molar-refractivity contribution in [3.63, 3.8) is 0 Å². The first-order valence-corrected chi connectivity index (χ1v) is 7.36. The zero-order chi connectivity index (χ0) is 16.1. The SMILES string of the molecule is O=[N+]([O-])c1ccc(CC[n+]2cccc(-c3ccccn3)c2)cc1.[I-]. The Balaban J connectivity index is 0.00000208. The van der Waals surface area contributed by atoms with Crippen LogP contribution >= 0.6 is 0 Å². The summed E-state index contributed by atoms with van der Waals surface area (Å²) in [6.07, 6.45) is 6.67. The normalized spacial score (nSPS) is 10.0. The molecule has 0 fully saturated rings. The molecule has 24 heavy (non-hydrogen) atoms. The molecule has 0 atom stereocenters. The van der Waals surface area contributed by atoms with Crippen LogP contribution in [0.4, 0.5) is 5.69 Å². The van der Waals surface area contributed by atoms with E-state index in [1.165, 1.54) is 0 Å². The molecule has 2 heterocycles. The molecule has 0 bridgehead atoms. The molecule has 0 saturated heterocycles. The van der Waals surface area contributed by atoms with Gasteiger partial charge in [0.25, 0.3) is 5.69 Å². The lowest BCUT2D eigenvalue weighted by atomic mass is 10.1. The van der Waals surface area contributed by atoms with Crippen LogP contribution in [0.5, 0.6) is 0 Å². The fraction of sp³-hybridized carbons (Fsp3) is 0.111. The molecular formula is C18H16IN3O2. The average molecular weight is 433 g/mol. The number of hydrogen-bond acceptors (Lipinski definition) is 3. The van der Waals surface area contributed by atoms with E-state index in [1.807, 2.05) is 36.5 Å². The monoisotopic (exact) mass is 433 g/mol. The minimum Gasteiger partial charge on any atom is -1.00 e. The Morgan fingerprint density at radius 3 is 2.50 bits per heavy atom. The molecule has 6 heteroatoms. The molecule has 0 amide bonds. The van der Waals surface area contributed by atoms with Gasteiger partial charge in [-0.3, -0.25) is 15.1 Å². The van der Waals surface area contributed by atoms with Crippen LogP contribution < -0.4 is 28.5 Å². The van der Waals surface area contributed by atoms with Gasteiger partial charge in [-0.2, -0.15) is 0 Å². The number of rotatable bonds is 5. The summed E-state index contributed by atoms with van der Waals surface area (Å²) in [5.41, 5.74) is 3.21. The molecule has 5 nitrogen and oxygen atoms in total. The molecule has 0 aliphatic rings. The van der Waals surface area contributed by atoms with Crippen molar-refractivity contribution in [2.45, 2.75) is 13.0 Å². The molecule has 0 radical (unpaired) electrons. The van der Waals surface area contributed by atoms with E-state index in [0.29, 0.717) is 0 Å². The lowest BCUT2D eigenvalue weighted by Crippen LogP contribution is -3.00. The van der Waals surface area contributed by atoms with Gasteiger partial charge in [-0.05, 0) is 23.8 Å². The van der Waals surface area contributed by atoms with Gasteiger partial charge in [0.1, 0.15) is 0 Å². The molecular weight excluding hydrogens is 417 g/mol. The predicted octanol–water partition coefficient (Wildman–Crippen LogP) is 0.191. The first kappa shape index (κ1) is 18.0. The van der Waals surface area contributed by atoms with Crippen molar-refractivity contribution in [1.82, 2.24) is 4.98 Å². The van der Waals surface area contributed by atoms with Crippen LogP contribution in [0.3, 0.4) is 0 Å². The van der Waals surface area contributed by atoms with E-state index in [-0.39, 0.29) is 34.6 Å². The Kier molecular flexibility index (Phi) is 6.36. The smallest absolute Gasteiger partial charge is 0.269 e. The molecule has 0 N–H and O–H groups in total. The maximum Gasteiger partial charge on any atom is 0.269 e. The zero-order valence-corrected chi connectivity index (χ0v) is 15.0. The Labute approximate surface area is 157 Å². The van der Waals surface area contributed by atoms with Crippen molar-refractivity contribution >= 4 is 5.69 Å². The van der Waals surface area contributed by atoms with E-state index in [9.17, 15) is 10.1 Å². The minimum atomic E-state index is -0.380. The number of nitro groups is 1. The fourth-order valence-electron chi connectivity index (χ4n) is 2.39. The molecule has 2 aromatic heterocycles. The quantitative estimate of drug-likeness (QED) is 0.250. The van der Waals surface area contributed by atoms with Crippen molar-refractivity contribution in [2.24, 2.45) is 0 Å². The molecule has 1 aromatic carbocycles. The van der Waals surface area contributed by atoms with Gasteiger partial charge in [-0.15, -0.1) is 0 Å². The third kappa shape index (κ3) is 4.58. The molecule has 0 spiro atoms. The summed E-state index contributed by atoms with van der Waals surface area (Å²) >= 11 is 0. The lowest BCUT2D eigenvalue weighted by molar-refractivity contribution is -0.696. The molecule has 0 aliphatic heterocycles. The molecule has 0 saturated carbocycles. The van der Waals surface area contributed by atoms with E-state index >= 15 is 0 Å². The predicted molar refractivity (Wildman–Crippen MR) is 86.7 cm³/mol. The maximum absolute atomic E-state index is 10.7. The van der Waals surface area contributed by atoms with Crippen LogP contribution in [0.25, 0.3) is 11.3 Å². The van der Waals surface area contributed by atoms with Gasteiger partial charge in [-0.25, -0.2) is 4.57 Å². The Bertz CT molecular complexity index is 808. The van der Waals surface area contributed by atoms with Crippen LogP contribution in [-0.2, 0) is 13.0 Å². The van der Waals surface area contributed by atoms with Crippen molar-refractivity contribution in [3.8, 4) is 11.3 Å². The zero-order valence-electron chi connectivity index (χ0n) is 12.9. The fourth-order valence-corrected chi connectivity index (χ4v) is 2.39. The number of nitro benzene ring substituents is 1. The van der Waals surface area contributed by atoms with E-state index in [2.05, 4.69) is 15.7 Å². The number of aryl methyl sites for hydroxylation is 2. The Morgan fingerprint density at radius 2 is 1.83 bits per heavy atom. The number of pyridine rings is 2. The highest BCUT2D eigenvalue weighted by molar-refractivity contribution is 5.56. The number of nitrogens with zero attached hydrogens (tertiary/aromatic N) is 3. The van der Waals surface area contributed by atoms with Crippen molar-refractivity contribution < 1.29 is 33.5 Å². The van der Waals surface area contributed by atoms with E-state index in [4.69, 9.17) is 0 Å². The van der Waals surface area contributed by atoms with Gasteiger partial charge in [0.2, 0.25) is 0 Å². The van der Waals surface area contributed by atoms with Crippen molar-refractivity contribution in [3.05, 3.63) is 88.9 Å². The van der Waals surface area contributed by atoms with Gasteiger partial charge < -0.3 is 24.0 Å². The Hall–Kier alpha value is -2.35. The first-order chi connectivity index (χ1) is 11.2. The number of halogens is 1. The summed E-state index contributed by atoms with van der Waals surface area (Å²) in [6, 6.07) is 16.6. The summed E-state index contributed by atoms with van der Waals surface area (Å²) in [7, 11) is 0. The number of hydrogen-bond donors (Lipinski definition) is 0. The van der Waals surface area contributed by atoms with Gasteiger partial charge in [0.05, 0.1) is 16.2 Å². The van der Waals surface area contributed by atoms with Crippen molar-refractivity contribution in [2.75, 3.05) is 0 Å². The summed E-state index contributed by atoms with van der Waals surface area (Å²) in [4.78, 5) is 14.6. The summed E-state index contributed by atoms with van der Waals surface area (Å²) in [5, 5.41) is 10.7. The van der Waals surface area contributed by atoms with Gasteiger partial charge in [0.15, 0.2) is 18.9 Å². The van der Waals surface area contributed by atoms with E-state index in [1.54, 1.807) is 30.5 Å². The maximum atomic E-state index is 10.7. The van der Waals surface area contributed by atoms with E-state index < -0.39 is 0 Å². The highest BCUT2D eigenvalue weighted by Gasteiger charge is 2.08. The average Bonchev–Trinajstić information content (AvgIpc) is 2.61. The molecule has 0 aliphatic carbocycles. The molecule has 3 aromatic rings. The van der Waals surface area contributed by atoms with E-state index in [0.717, 1.165) is 29.8 Å². The number of benzene rings is 1. The third-order valence-electron chi connectivity index (χ3n) is 3.62. The minimum absolute atomic E-state index is 0. The summed E-state index contributed by atoms with van der Waals surface area (Å²) < 4.78 is 2.10. The molecule has 3 rings (SSSR count). The largest absolute Gasteiger partial charge is 1.00 e. The van der Waals surface area contributed by atoms with Crippen LogP contribution in [0.1, 0.15) is 5.56 Å². The van der Waals surface area contributed by atoms with Crippen LogP contribution in [0, 0.1) is 10.1 Å². The lowest BCUT2D eigenvalue weighted by Gasteiger charge is -2.01. The van der Waals surface area contributed by atoms with Gasteiger partial charge in [0, 0.05) is 30.8 Å². The van der Waals surface area contributed by atoms with Gasteiger partial charge in [-0.1, -0.05) is 18.2 Å². The Morgan fingerprint density at radius 1 is 1.04 bits per heavy atom. The second-order valence-corrected chi connectivity index (χ2v) is 5.22. The number of non-ortho nitro benzene ring substituents is 1. The van der Waals surface area contributed by atoms with Gasteiger partial charge >= 0.3 is 0 Å². The number of aromatic nitrogens is 2. The molecule has 122 valence electrons. The van der Waals surface area contributed by atoms with Crippen LogP contribution in [-0.4, -0.2) is 9.91 Å². The highest BCUT2D eigenvalue weighted by atomic mass is 127. The standard InChI is InChI=1S/C18H16N3O2.HI/c22-21(23)17-8-6-15(7-9-17)10-13-20-12-3-4-16(14-20)18-5-1-2-11-19-18;/h1-9,11-12,14H,10,13H2;1H/q+1;/p-1. The second-order valence-electron chi connectivity index (χ2n) is 5.22. The highest BCUT2D eigenvalue weighted by Crippen LogP contribution is 2.14. The van der Waals surface area contributed by atoms with Crippen LogP contribution in [0.2, 0.25) is 0 Å². The first-order valence-electron chi connectivity index (χ1n) is 7.36. The van der Waals surface area contributed by atoms with Crippen molar-refractivity contribution in [1.29, 1.82) is 0 Å².